The number of aromatic nitrogens is 4. The predicted octanol–water partition coefficient (Wildman–Crippen LogP) is 2.89. The Bertz CT molecular complexity index is 1010. The van der Waals surface area contributed by atoms with E-state index >= 15 is 0 Å². The zero-order valence-electron chi connectivity index (χ0n) is 16.9. The number of nitrogens with zero attached hydrogens (tertiary/aromatic N) is 4. The van der Waals surface area contributed by atoms with Crippen LogP contribution < -0.4 is 14.8 Å². The van der Waals surface area contributed by atoms with Gasteiger partial charge in [-0.05, 0) is 32.4 Å². The molecule has 0 aliphatic carbocycles. The lowest BCUT2D eigenvalue weighted by atomic mass is 10.1. The molecule has 0 aliphatic heterocycles. The summed E-state index contributed by atoms with van der Waals surface area (Å²) in [6, 6.07) is 5.25. The first kappa shape index (κ1) is 19.6. The molecule has 0 saturated heterocycles. The number of fused-ring (bicyclic) bond motifs is 1. The second-order valence-corrected chi connectivity index (χ2v) is 6.54. The van der Waals surface area contributed by atoms with E-state index in [-0.39, 0.29) is 12.3 Å². The van der Waals surface area contributed by atoms with Gasteiger partial charge in [0.2, 0.25) is 5.91 Å². The van der Waals surface area contributed by atoms with E-state index in [1.54, 1.807) is 36.9 Å². The molecule has 3 aromatic rings. The number of hydrogen-bond donors (Lipinski definition) is 1. The maximum Gasteiger partial charge on any atom is 0.252 e. The van der Waals surface area contributed by atoms with Crippen molar-refractivity contribution in [2.24, 2.45) is 0 Å². The molecule has 2 aromatic heterocycles. The third kappa shape index (κ3) is 3.90. The van der Waals surface area contributed by atoms with Gasteiger partial charge in [-0.25, -0.2) is 9.50 Å². The van der Waals surface area contributed by atoms with Crippen LogP contribution >= 0.6 is 0 Å². The third-order valence-electron chi connectivity index (χ3n) is 4.59. The van der Waals surface area contributed by atoms with Crippen molar-refractivity contribution in [3.8, 4) is 11.5 Å². The van der Waals surface area contributed by atoms with Crippen molar-refractivity contribution in [3.05, 3.63) is 41.0 Å². The van der Waals surface area contributed by atoms with Crippen LogP contribution in [0.25, 0.3) is 5.78 Å². The molecule has 0 saturated carbocycles. The SMILES string of the molecule is CCCc1nc2nc(C)c(CC(=O)Nc3ccc(OC)cc3OC)c(C)n2n1. The largest absolute Gasteiger partial charge is 0.497 e. The molecule has 0 aliphatic rings. The monoisotopic (exact) mass is 383 g/mol. The second-order valence-electron chi connectivity index (χ2n) is 6.54. The average Bonchev–Trinajstić information content (AvgIpc) is 3.08. The maximum atomic E-state index is 12.7. The number of carbonyl (C=O) groups excluding carboxylic acids is 1. The lowest BCUT2D eigenvalue weighted by molar-refractivity contribution is -0.115. The van der Waals surface area contributed by atoms with Crippen LogP contribution in [0.15, 0.2) is 18.2 Å². The summed E-state index contributed by atoms with van der Waals surface area (Å²) in [5.74, 6) is 2.37. The Morgan fingerprint density at radius 2 is 1.96 bits per heavy atom. The predicted molar refractivity (Wildman–Crippen MR) is 106 cm³/mol. The topological polar surface area (TPSA) is 90.6 Å². The van der Waals surface area contributed by atoms with Crippen molar-refractivity contribution < 1.29 is 14.3 Å². The molecule has 3 rings (SSSR count). The molecule has 1 aromatic carbocycles. The Hall–Kier alpha value is -3.16. The van der Waals surface area contributed by atoms with Crippen molar-refractivity contribution in [3.63, 3.8) is 0 Å². The number of carbonyl (C=O) groups is 1. The molecule has 0 radical (unpaired) electrons. The number of benzene rings is 1. The molecule has 0 fully saturated rings. The summed E-state index contributed by atoms with van der Waals surface area (Å²) in [7, 11) is 3.13. The van der Waals surface area contributed by atoms with Crippen molar-refractivity contribution in [1.82, 2.24) is 19.6 Å². The van der Waals surface area contributed by atoms with E-state index in [1.165, 1.54) is 0 Å². The minimum absolute atomic E-state index is 0.162. The van der Waals surface area contributed by atoms with Crippen LogP contribution in [-0.4, -0.2) is 39.7 Å². The van der Waals surface area contributed by atoms with Gasteiger partial charge in [-0.3, -0.25) is 4.79 Å². The van der Waals surface area contributed by atoms with Crippen LogP contribution in [0.5, 0.6) is 11.5 Å². The molecular formula is C20H25N5O3. The van der Waals surface area contributed by atoms with Crippen LogP contribution in [-0.2, 0) is 17.6 Å². The molecule has 1 amide bonds. The van der Waals surface area contributed by atoms with Gasteiger partial charge in [0.15, 0.2) is 5.82 Å². The minimum Gasteiger partial charge on any atom is -0.497 e. The third-order valence-corrected chi connectivity index (χ3v) is 4.59. The molecule has 148 valence electrons. The summed E-state index contributed by atoms with van der Waals surface area (Å²) in [4.78, 5) is 21.7. The highest BCUT2D eigenvalue weighted by Crippen LogP contribution is 2.29. The van der Waals surface area contributed by atoms with Gasteiger partial charge in [-0.15, -0.1) is 5.10 Å². The second kappa shape index (κ2) is 8.24. The van der Waals surface area contributed by atoms with Crippen LogP contribution in [0.2, 0.25) is 0 Å². The summed E-state index contributed by atoms with van der Waals surface area (Å²) in [6.07, 6.45) is 1.95. The fraction of sp³-hybridized carbons (Fsp3) is 0.400. The molecule has 1 N–H and O–H groups in total. The zero-order valence-corrected chi connectivity index (χ0v) is 16.9. The van der Waals surface area contributed by atoms with Crippen LogP contribution in [0, 0.1) is 13.8 Å². The summed E-state index contributed by atoms with van der Waals surface area (Å²) < 4.78 is 12.2. The number of aryl methyl sites for hydroxylation is 3. The number of amides is 1. The summed E-state index contributed by atoms with van der Waals surface area (Å²) in [5.41, 5.74) is 3.07. The van der Waals surface area contributed by atoms with Crippen LogP contribution in [0.4, 0.5) is 5.69 Å². The normalized spacial score (nSPS) is 10.9. The van der Waals surface area contributed by atoms with E-state index in [4.69, 9.17) is 9.47 Å². The van der Waals surface area contributed by atoms with Crippen molar-refractivity contribution in [1.29, 1.82) is 0 Å². The van der Waals surface area contributed by atoms with Gasteiger partial charge in [-0.2, -0.15) is 4.98 Å². The molecule has 0 unspecified atom stereocenters. The zero-order chi connectivity index (χ0) is 20.3. The standard InChI is InChI=1S/C20H25N5O3/c1-6-7-18-23-20-21-12(2)15(13(3)25(20)24-18)11-19(26)22-16-9-8-14(27-4)10-17(16)28-5/h8-10H,6-7,11H2,1-5H3,(H,22,26). The number of methoxy groups -OCH3 is 2. The van der Waals surface area contributed by atoms with E-state index in [9.17, 15) is 4.79 Å². The Balaban J connectivity index is 1.85. The number of rotatable bonds is 7. The number of ether oxygens (including phenoxy) is 2. The quantitative estimate of drug-likeness (QED) is 0.675. The highest BCUT2D eigenvalue weighted by Gasteiger charge is 2.17. The van der Waals surface area contributed by atoms with Gasteiger partial charge in [-0.1, -0.05) is 6.92 Å². The molecule has 8 heteroatoms. The van der Waals surface area contributed by atoms with Crippen molar-refractivity contribution in [2.45, 2.75) is 40.0 Å². The Morgan fingerprint density at radius 3 is 2.64 bits per heavy atom. The first-order valence-corrected chi connectivity index (χ1v) is 9.20. The fourth-order valence-electron chi connectivity index (χ4n) is 3.09. The first-order valence-electron chi connectivity index (χ1n) is 9.20. The van der Waals surface area contributed by atoms with Crippen LogP contribution in [0.3, 0.4) is 0 Å². The smallest absolute Gasteiger partial charge is 0.252 e. The summed E-state index contributed by atoms with van der Waals surface area (Å²) in [6.45, 7) is 5.90. The maximum absolute atomic E-state index is 12.7. The molecule has 0 spiro atoms. The fourth-order valence-corrected chi connectivity index (χ4v) is 3.09. The van der Waals surface area contributed by atoms with Gasteiger partial charge in [0.1, 0.15) is 11.5 Å². The molecule has 2 heterocycles. The van der Waals surface area contributed by atoms with Crippen molar-refractivity contribution in [2.75, 3.05) is 19.5 Å². The molecule has 0 atom stereocenters. The van der Waals surface area contributed by atoms with E-state index < -0.39 is 0 Å². The van der Waals surface area contributed by atoms with E-state index in [0.29, 0.717) is 23.0 Å². The minimum atomic E-state index is -0.162. The number of anilines is 1. The lowest BCUT2D eigenvalue weighted by Crippen LogP contribution is -2.18. The summed E-state index contributed by atoms with van der Waals surface area (Å²) >= 11 is 0. The van der Waals surface area contributed by atoms with Gasteiger partial charge >= 0.3 is 0 Å². The van der Waals surface area contributed by atoms with Crippen LogP contribution in [0.1, 0.15) is 36.1 Å². The van der Waals surface area contributed by atoms with Crippen molar-refractivity contribution >= 4 is 17.4 Å². The van der Waals surface area contributed by atoms with E-state index in [0.717, 1.165) is 35.6 Å². The van der Waals surface area contributed by atoms with Gasteiger partial charge in [0.25, 0.3) is 5.78 Å². The van der Waals surface area contributed by atoms with E-state index in [2.05, 4.69) is 27.3 Å². The van der Waals surface area contributed by atoms with Gasteiger partial charge < -0.3 is 14.8 Å². The molecule has 8 nitrogen and oxygen atoms in total. The highest BCUT2D eigenvalue weighted by atomic mass is 16.5. The molecular weight excluding hydrogens is 358 g/mol. The average molecular weight is 383 g/mol. The Morgan fingerprint density at radius 1 is 1.18 bits per heavy atom. The Labute approximate surface area is 163 Å². The summed E-state index contributed by atoms with van der Waals surface area (Å²) in [5, 5.41) is 7.42. The van der Waals surface area contributed by atoms with Gasteiger partial charge in [0.05, 0.1) is 26.3 Å². The molecule has 28 heavy (non-hydrogen) atoms. The first-order chi connectivity index (χ1) is 13.5. The highest BCUT2D eigenvalue weighted by molar-refractivity contribution is 5.94. The Kier molecular flexibility index (Phi) is 5.77. The van der Waals surface area contributed by atoms with E-state index in [1.807, 2.05) is 13.8 Å². The number of nitrogens with one attached hydrogen (secondary N) is 1. The molecule has 0 bridgehead atoms. The van der Waals surface area contributed by atoms with Gasteiger partial charge in [0, 0.05) is 29.4 Å². The lowest BCUT2D eigenvalue weighted by Gasteiger charge is -2.13. The number of hydrogen-bond acceptors (Lipinski definition) is 6.